The highest BCUT2D eigenvalue weighted by molar-refractivity contribution is 5.74. The largest absolute Gasteiger partial charge is 0.383 e. The van der Waals surface area contributed by atoms with Gasteiger partial charge in [-0.1, -0.05) is 6.42 Å². The van der Waals surface area contributed by atoms with E-state index in [9.17, 15) is 4.79 Å². The normalized spacial score (nSPS) is 15.9. The van der Waals surface area contributed by atoms with Crippen molar-refractivity contribution in [3.8, 4) is 0 Å². The minimum Gasteiger partial charge on any atom is -0.383 e. The van der Waals surface area contributed by atoms with Crippen LogP contribution in [0.2, 0.25) is 0 Å². The van der Waals surface area contributed by atoms with Crippen molar-refractivity contribution in [2.45, 2.75) is 51.6 Å². The van der Waals surface area contributed by atoms with Crippen molar-refractivity contribution in [3.63, 3.8) is 0 Å². The third-order valence-electron chi connectivity index (χ3n) is 3.61. The number of carbonyl (C=O) groups is 1. The molecule has 1 aliphatic heterocycles. The van der Waals surface area contributed by atoms with Gasteiger partial charge >= 0.3 is 6.03 Å². The Balaban J connectivity index is 1.76. The van der Waals surface area contributed by atoms with Gasteiger partial charge in [0.25, 0.3) is 0 Å². The van der Waals surface area contributed by atoms with Gasteiger partial charge in [0.1, 0.15) is 11.6 Å². The lowest BCUT2D eigenvalue weighted by Crippen LogP contribution is -2.43. The molecular formula is C14H25N5O2. The predicted octanol–water partition coefficient (Wildman–Crippen LogP) is 0.881. The summed E-state index contributed by atoms with van der Waals surface area (Å²) in [6.45, 7) is 3.96. The molecule has 0 fully saturated rings. The van der Waals surface area contributed by atoms with Crippen LogP contribution in [0.5, 0.6) is 0 Å². The van der Waals surface area contributed by atoms with E-state index in [1.807, 2.05) is 6.92 Å². The number of fused-ring (bicyclic) bond motifs is 1. The molecule has 1 aliphatic rings. The SMILES string of the molecule is COC[C@H](C)NC(=O)NCCc1nnc2n1CCCCC2. The molecule has 1 atom stereocenters. The lowest BCUT2D eigenvalue weighted by atomic mass is 10.2. The van der Waals surface area contributed by atoms with Crippen LogP contribution in [0.3, 0.4) is 0 Å². The Kier molecular flexibility index (Phi) is 5.98. The third-order valence-corrected chi connectivity index (χ3v) is 3.61. The monoisotopic (exact) mass is 295 g/mol. The van der Waals surface area contributed by atoms with Gasteiger partial charge in [0.15, 0.2) is 0 Å². The van der Waals surface area contributed by atoms with Crippen molar-refractivity contribution in [2.75, 3.05) is 20.3 Å². The molecular weight excluding hydrogens is 270 g/mol. The fourth-order valence-corrected chi connectivity index (χ4v) is 2.58. The molecule has 1 aromatic heterocycles. The number of ether oxygens (including phenoxy) is 1. The number of carbonyl (C=O) groups excluding carboxylic acids is 1. The quantitative estimate of drug-likeness (QED) is 0.816. The number of amides is 2. The summed E-state index contributed by atoms with van der Waals surface area (Å²) in [6.07, 6.45) is 5.34. The molecule has 2 amide bonds. The zero-order valence-corrected chi connectivity index (χ0v) is 12.9. The zero-order chi connectivity index (χ0) is 15.1. The molecule has 0 unspecified atom stereocenters. The van der Waals surface area contributed by atoms with Gasteiger partial charge in [-0.15, -0.1) is 10.2 Å². The first-order chi connectivity index (χ1) is 10.2. The maximum atomic E-state index is 11.7. The average molecular weight is 295 g/mol. The molecule has 2 rings (SSSR count). The van der Waals surface area contributed by atoms with E-state index in [0.29, 0.717) is 19.6 Å². The van der Waals surface area contributed by atoms with Crippen molar-refractivity contribution in [1.29, 1.82) is 0 Å². The molecule has 2 N–H and O–H groups in total. The Hall–Kier alpha value is -1.63. The van der Waals surface area contributed by atoms with Crippen molar-refractivity contribution in [2.24, 2.45) is 0 Å². The van der Waals surface area contributed by atoms with E-state index in [4.69, 9.17) is 4.74 Å². The second kappa shape index (κ2) is 7.97. The Morgan fingerprint density at radius 2 is 2.24 bits per heavy atom. The number of methoxy groups -OCH3 is 1. The van der Waals surface area contributed by atoms with Gasteiger partial charge in [-0.3, -0.25) is 0 Å². The molecule has 0 aliphatic carbocycles. The van der Waals surface area contributed by atoms with Gasteiger partial charge < -0.3 is 19.9 Å². The van der Waals surface area contributed by atoms with E-state index >= 15 is 0 Å². The summed E-state index contributed by atoms with van der Waals surface area (Å²) in [5.74, 6) is 2.05. The van der Waals surface area contributed by atoms with Crippen molar-refractivity contribution in [1.82, 2.24) is 25.4 Å². The van der Waals surface area contributed by atoms with Crippen LogP contribution in [0.1, 0.15) is 37.8 Å². The molecule has 21 heavy (non-hydrogen) atoms. The van der Waals surface area contributed by atoms with E-state index < -0.39 is 0 Å². The lowest BCUT2D eigenvalue weighted by molar-refractivity contribution is 0.171. The fraction of sp³-hybridized carbons (Fsp3) is 0.786. The molecule has 0 saturated heterocycles. The van der Waals surface area contributed by atoms with Gasteiger partial charge in [0.05, 0.1) is 12.6 Å². The number of hydrogen-bond donors (Lipinski definition) is 2. The van der Waals surface area contributed by atoms with Crippen LogP contribution >= 0.6 is 0 Å². The summed E-state index contributed by atoms with van der Waals surface area (Å²) in [5, 5.41) is 14.2. The van der Waals surface area contributed by atoms with Gasteiger partial charge in [-0.25, -0.2) is 4.79 Å². The smallest absolute Gasteiger partial charge is 0.315 e. The topological polar surface area (TPSA) is 81.1 Å². The molecule has 7 nitrogen and oxygen atoms in total. The second-order valence-electron chi connectivity index (χ2n) is 5.50. The number of urea groups is 1. The maximum Gasteiger partial charge on any atom is 0.315 e. The fourth-order valence-electron chi connectivity index (χ4n) is 2.58. The number of nitrogens with zero attached hydrogens (tertiary/aromatic N) is 3. The van der Waals surface area contributed by atoms with Crippen LogP contribution in [-0.4, -0.2) is 47.1 Å². The highest BCUT2D eigenvalue weighted by atomic mass is 16.5. The van der Waals surface area contributed by atoms with E-state index in [1.165, 1.54) is 19.3 Å². The van der Waals surface area contributed by atoms with E-state index in [-0.39, 0.29) is 12.1 Å². The average Bonchev–Trinajstić information content (AvgIpc) is 2.68. The van der Waals surface area contributed by atoms with E-state index in [1.54, 1.807) is 7.11 Å². The molecule has 1 aromatic rings. The zero-order valence-electron chi connectivity index (χ0n) is 12.9. The molecule has 0 radical (unpaired) electrons. The predicted molar refractivity (Wildman–Crippen MR) is 79.2 cm³/mol. The highest BCUT2D eigenvalue weighted by Crippen LogP contribution is 2.14. The number of hydrogen-bond acceptors (Lipinski definition) is 4. The van der Waals surface area contributed by atoms with Crippen LogP contribution in [0.15, 0.2) is 0 Å². The molecule has 0 saturated carbocycles. The lowest BCUT2D eigenvalue weighted by Gasteiger charge is -2.13. The van der Waals surface area contributed by atoms with Crippen LogP contribution in [0.4, 0.5) is 4.79 Å². The van der Waals surface area contributed by atoms with E-state index in [2.05, 4.69) is 25.4 Å². The summed E-state index contributed by atoms with van der Waals surface area (Å²) < 4.78 is 7.19. The first-order valence-corrected chi connectivity index (χ1v) is 7.65. The first kappa shape index (κ1) is 15.8. The number of nitrogens with one attached hydrogen (secondary N) is 2. The van der Waals surface area contributed by atoms with Gasteiger partial charge in [-0.05, 0) is 19.8 Å². The molecule has 2 heterocycles. The van der Waals surface area contributed by atoms with Crippen LogP contribution in [-0.2, 0) is 24.1 Å². The standard InChI is InChI=1S/C14H25N5O2/c1-11(10-21-2)16-14(20)15-8-7-13-18-17-12-6-4-3-5-9-19(12)13/h11H,3-10H2,1-2H3,(H2,15,16,20)/t11-/m0/s1. The molecule has 118 valence electrons. The highest BCUT2D eigenvalue weighted by Gasteiger charge is 2.14. The summed E-state index contributed by atoms with van der Waals surface area (Å²) in [5.41, 5.74) is 0. The van der Waals surface area contributed by atoms with Gasteiger partial charge in [0.2, 0.25) is 0 Å². The summed E-state index contributed by atoms with van der Waals surface area (Å²) in [4.78, 5) is 11.7. The van der Waals surface area contributed by atoms with Crippen LogP contribution in [0, 0.1) is 0 Å². The Morgan fingerprint density at radius 1 is 1.38 bits per heavy atom. The Morgan fingerprint density at radius 3 is 3.05 bits per heavy atom. The minimum absolute atomic E-state index is 0.000589. The molecule has 7 heteroatoms. The molecule has 0 aromatic carbocycles. The van der Waals surface area contributed by atoms with Crippen LogP contribution < -0.4 is 10.6 Å². The second-order valence-corrected chi connectivity index (χ2v) is 5.50. The van der Waals surface area contributed by atoms with Crippen molar-refractivity contribution >= 4 is 6.03 Å². The van der Waals surface area contributed by atoms with Gasteiger partial charge in [-0.2, -0.15) is 0 Å². The minimum atomic E-state index is -0.171. The summed E-state index contributed by atoms with van der Waals surface area (Å²) in [6, 6.07) is -0.172. The Labute approximate surface area is 125 Å². The van der Waals surface area contributed by atoms with Crippen molar-refractivity contribution in [3.05, 3.63) is 11.6 Å². The third kappa shape index (κ3) is 4.70. The van der Waals surface area contributed by atoms with Crippen LogP contribution in [0.25, 0.3) is 0 Å². The Bertz CT molecular complexity index is 460. The number of aromatic nitrogens is 3. The summed E-state index contributed by atoms with van der Waals surface area (Å²) >= 11 is 0. The number of aryl methyl sites for hydroxylation is 1. The molecule has 0 spiro atoms. The maximum absolute atomic E-state index is 11.7. The van der Waals surface area contributed by atoms with E-state index in [0.717, 1.165) is 24.6 Å². The van der Waals surface area contributed by atoms with Gasteiger partial charge in [0, 0.05) is 33.0 Å². The van der Waals surface area contributed by atoms with Crippen molar-refractivity contribution < 1.29 is 9.53 Å². The molecule has 0 bridgehead atoms. The number of rotatable bonds is 6. The first-order valence-electron chi connectivity index (χ1n) is 7.65. The summed E-state index contributed by atoms with van der Waals surface area (Å²) in [7, 11) is 1.62.